The molecule has 7 nitrogen and oxygen atoms in total. The molecule has 29 heavy (non-hydrogen) atoms. The van der Waals surface area contributed by atoms with Gasteiger partial charge >= 0.3 is 0 Å². The van der Waals surface area contributed by atoms with Gasteiger partial charge in [0.1, 0.15) is 5.75 Å². The summed E-state index contributed by atoms with van der Waals surface area (Å²) in [5.41, 5.74) is 2.13. The van der Waals surface area contributed by atoms with Crippen molar-refractivity contribution in [2.24, 2.45) is 0 Å². The fraction of sp³-hybridized carbons (Fsp3) is 0.667. The molecular formula is C21H32N4O3S. The number of aromatic nitrogens is 2. The summed E-state index contributed by atoms with van der Waals surface area (Å²) < 4.78 is 10.8. The van der Waals surface area contributed by atoms with Gasteiger partial charge in [-0.2, -0.15) is 0 Å². The van der Waals surface area contributed by atoms with Gasteiger partial charge in [-0.05, 0) is 57.0 Å². The Balaban J connectivity index is 1.69. The van der Waals surface area contributed by atoms with Gasteiger partial charge < -0.3 is 24.1 Å². The summed E-state index contributed by atoms with van der Waals surface area (Å²) in [6, 6.07) is 6.14. The van der Waals surface area contributed by atoms with Crippen LogP contribution in [0.1, 0.15) is 32.6 Å². The topological polar surface area (TPSA) is 66.0 Å². The van der Waals surface area contributed by atoms with Crippen LogP contribution >= 0.6 is 12.2 Å². The number of piperidine rings is 2. The quantitative estimate of drug-likeness (QED) is 0.700. The molecule has 1 aromatic heterocycles. The zero-order valence-electron chi connectivity index (χ0n) is 17.2. The monoisotopic (exact) mass is 420 g/mol. The Hall–Kier alpha value is -1.45. The normalized spacial score (nSPS) is 24.2. The molecule has 2 fully saturated rings. The fourth-order valence-corrected chi connectivity index (χ4v) is 4.86. The Bertz CT molecular complexity index is 896. The van der Waals surface area contributed by atoms with Crippen molar-refractivity contribution in [3.05, 3.63) is 23.0 Å². The average Bonchev–Trinajstić information content (AvgIpc) is 2.94. The Morgan fingerprint density at radius 1 is 0.966 bits per heavy atom. The average molecular weight is 421 g/mol. The van der Waals surface area contributed by atoms with Crippen molar-refractivity contribution in [2.45, 2.75) is 58.2 Å². The Labute approximate surface area is 177 Å². The summed E-state index contributed by atoms with van der Waals surface area (Å²) in [5.74, 6) is 0.841. The summed E-state index contributed by atoms with van der Waals surface area (Å²) in [4.78, 5) is 4.54. The number of benzene rings is 1. The van der Waals surface area contributed by atoms with Crippen molar-refractivity contribution in [1.82, 2.24) is 18.9 Å². The number of imidazole rings is 1. The molecule has 2 aliphatic rings. The van der Waals surface area contributed by atoms with E-state index in [9.17, 15) is 10.2 Å². The van der Waals surface area contributed by atoms with E-state index < -0.39 is 0 Å². The molecule has 4 rings (SSSR count). The van der Waals surface area contributed by atoms with Crippen LogP contribution in [-0.4, -0.2) is 74.1 Å². The SMILES string of the molecule is CCOc1ccc2c(c1)n(CN1CCC[C@@H](O)C1)c(=S)n2CN1CCC[C@H](O)C1. The van der Waals surface area contributed by atoms with Gasteiger partial charge in [0, 0.05) is 32.2 Å². The maximum absolute atomic E-state index is 10.1. The van der Waals surface area contributed by atoms with Gasteiger partial charge in [-0.15, -0.1) is 0 Å². The largest absolute Gasteiger partial charge is 0.494 e. The predicted octanol–water partition coefficient (Wildman–Crippen LogP) is 2.40. The fourth-order valence-electron chi connectivity index (χ4n) is 4.55. The predicted molar refractivity (Wildman–Crippen MR) is 116 cm³/mol. The van der Waals surface area contributed by atoms with E-state index in [2.05, 4.69) is 31.1 Å². The minimum Gasteiger partial charge on any atom is -0.494 e. The van der Waals surface area contributed by atoms with E-state index in [0.29, 0.717) is 33.0 Å². The van der Waals surface area contributed by atoms with Gasteiger partial charge in [0.25, 0.3) is 0 Å². The smallest absolute Gasteiger partial charge is 0.183 e. The van der Waals surface area contributed by atoms with Crippen molar-refractivity contribution in [1.29, 1.82) is 0 Å². The van der Waals surface area contributed by atoms with Crippen LogP contribution < -0.4 is 4.74 Å². The lowest BCUT2D eigenvalue weighted by atomic mass is 10.1. The first-order chi connectivity index (χ1) is 14.0. The number of likely N-dealkylation sites (tertiary alicyclic amines) is 2. The van der Waals surface area contributed by atoms with Crippen LogP contribution in [0.4, 0.5) is 0 Å². The molecule has 0 saturated carbocycles. The minimum absolute atomic E-state index is 0.259. The number of aliphatic hydroxyl groups excluding tert-OH is 2. The van der Waals surface area contributed by atoms with E-state index in [0.717, 1.165) is 60.3 Å². The number of aliphatic hydroxyl groups is 2. The van der Waals surface area contributed by atoms with E-state index in [4.69, 9.17) is 17.0 Å². The maximum Gasteiger partial charge on any atom is 0.183 e. The second-order valence-corrected chi connectivity index (χ2v) is 8.62. The Morgan fingerprint density at radius 3 is 2.10 bits per heavy atom. The number of hydrogen-bond acceptors (Lipinski definition) is 6. The highest BCUT2D eigenvalue weighted by atomic mass is 32.1. The zero-order valence-corrected chi connectivity index (χ0v) is 18.0. The standard InChI is InChI=1S/C21H32N4O3S/c1-2-28-18-7-8-19-20(11-18)25(15-23-10-4-6-17(27)13-23)21(29)24(19)14-22-9-3-5-16(26)12-22/h7-8,11,16-17,26-27H,2-6,9-10,12-15H2,1H3/t16-,17+/m0/s1. The molecule has 2 N–H and O–H groups in total. The number of rotatable bonds is 6. The first-order valence-corrected chi connectivity index (χ1v) is 11.1. The van der Waals surface area contributed by atoms with Gasteiger partial charge in [0.2, 0.25) is 0 Å². The van der Waals surface area contributed by atoms with Crippen molar-refractivity contribution >= 4 is 23.3 Å². The van der Waals surface area contributed by atoms with Gasteiger partial charge in [0.05, 0.1) is 43.2 Å². The lowest BCUT2D eigenvalue weighted by molar-refractivity contribution is 0.0515. The summed E-state index contributed by atoms with van der Waals surface area (Å²) in [5, 5.41) is 20.1. The summed E-state index contributed by atoms with van der Waals surface area (Å²) in [6.45, 7) is 7.25. The summed E-state index contributed by atoms with van der Waals surface area (Å²) >= 11 is 5.90. The van der Waals surface area contributed by atoms with Crippen molar-refractivity contribution in [2.75, 3.05) is 32.8 Å². The van der Waals surface area contributed by atoms with Crippen LogP contribution in [-0.2, 0) is 13.3 Å². The van der Waals surface area contributed by atoms with Gasteiger partial charge in [-0.1, -0.05) is 0 Å². The van der Waals surface area contributed by atoms with Gasteiger partial charge in [0.15, 0.2) is 4.77 Å². The second-order valence-electron chi connectivity index (χ2n) is 8.25. The highest BCUT2D eigenvalue weighted by Crippen LogP contribution is 2.26. The number of ether oxygens (including phenoxy) is 1. The molecule has 3 heterocycles. The third-order valence-corrected chi connectivity index (χ3v) is 6.39. The molecule has 0 unspecified atom stereocenters. The molecule has 8 heteroatoms. The van der Waals surface area contributed by atoms with E-state index in [1.165, 1.54) is 0 Å². The van der Waals surface area contributed by atoms with E-state index in [1.54, 1.807) is 0 Å². The first-order valence-electron chi connectivity index (χ1n) is 10.7. The molecule has 2 saturated heterocycles. The number of hydrogen-bond donors (Lipinski definition) is 2. The highest BCUT2D eigenvalue weighted by molar-refractivity contribution is 7.71. The molecule has 1 aromatic carbocycles. The van der Waals surface area contributed by atoms with Crippen LogP contribution in [0.3, 0.4) is 0 Å². The maximum atomic E-state index is 10.1. The van der Waals surface area contributed by atoms with Crippen LogP contribution in [0.25, 0.3) is 11.0 Å². The number of nitrogens with zero attached hydrogens (tertiary/aromatic N) is 4. The van der Waals surface area contributed by atoms with E-state index in [1.807, 2.05) is 13.0 Å². The minimum atomic E-state index is -0.264. The summed E-state index contributed by atoms with van der Waals surface area (Å²) in [6.07, 6.45) is 3.23. The molecule has 0 amide bonds. The second kappa shape index (κ2) is 9.14. The molecule has 160 valence electrons. The molecule has 2 atom stereocenters. The molecule has 2 aromatic rings. The van der Waals surface area contributed by atoms with Crippen molar-refractivity contribution in [3.8, 4) is 5.75 Å². The third kappa shape index (κ3) is 4.67. The van der Waals surface area contributed by atoms with Crippen LogP contribution in [0.15, 0.2) is 18.2 Å². The van der Waals surface area contributed by atoms with Gasteiger partial charge in [-0.3, -0.25) is 9.80 Å². The molecular weight excluding hydrogens is 388 g/mol. The van der Waals surface area contributed by atoms with Crippen molar-refractivity contribution < 1.29 is 14.9 Å². The Kier molecular flexibility index (Phi) is 6.56. The van der Waals surface area contributed by atoms with E-state index >= 15 is 0 Å². The molecule has 2 aliphatic heterocycles. The lowest BCUT2D eigenvalue weighted by Gasteiger charge is -2.31. The molecule has 0 radical (unpaired) electrons. The molecule has 0 spiro atoms. The first kappa shape index (κ1) is 20.8. The van der Waals surface area contributed by atoms with E-state index in [-0.39, 0.29) is 12.2 Å². The van der Waals surface area contributed by atoms with Gasteiger partial charge in [-0.25, -0.2) is 0 Å². The summed E-state index contributed by atoms with van der Waals surface area (Å²) in [7, 11) is 0. The Morgan fingerprint density at radius 2 is 1.55 bits per heavy atom. The molecule has 0 bridgehead atoms. The third-order valence-electron chi connectivity index (χ3n) is 5.95. The lowest BCUT2D eigenvalue weighted by Crippen LogP contribution is -2.40. The van der Waals surface area contributed by atoms with Crippen molar-refractivity contribution in [3.63, 3.8) is 0 Å². The zero-order chi connectivity index (χ0) is 20.4. The van der Waals surface area contributed by atoms with Crippen LogP contribution in [0.2, 0.25) is 0 Å². The van der Waals surface area contributed by atoms with Crippen LogP contribution in [0.5, 0.6) is 5.75 Å². The van der Waals surface area contributed by atoms with Crippen LogP contribution in [0, 0.1) is 4.77 Å². The molecule has 0 aliphatic carbocycles. The number of β-amino-alcohol motifs (C(OH)–C–C–N with tert-alkyl or cyclic N) is 2. The number of fused-ring (bicyclic) bond motifs is 1. The highest BCUT2D eigenvalue weighted by Gasteiger charge is 2.22.